The Kier molecular flexibility index (Phi) is 3.73. The van der Waals surface area contributed by atoms with E-state index in [4.69, 9.17) is 10.5 Å². The third-order valence-electron chi connectivity index (χ3n) is 3.66. The molecule has 0 bridgehead atoms. The summed E-state index contributed by atoms with van der Waals surface area (Å²) in [5.41, 5.74) is 6.66. The zero-order valence-corrected chi connectivity index (χ0v) is 13.3. The lowest BCUT2D eigenvalue weighted by molar-refractivity contribution is -0.124. The number of fused-ring (bicyclic) bond motifs is 1. The van der Waals surface area contributed by atoms with Gasteiger partial charge in [-0.2, -0.15) is 0 Å². The van der Waals surface area contributed by atoms with Crippen molar-refractivity contribution in [3.05, 3.63) is 54.1 Å². The second-order valence-corrected chi connectivity index (χ2v) is 7.19. The van der Waals surface area contributed by atoms with Crippen LogP contribution < -0.4 is 14.8 Å². The van der Waals surface area contributed by atoms with Gasteiger partial charge in [0.2, 0.25) is 0 Å². The molecule has 120 valence electrons. The molecule has 7 heteroatoms. The fourth-order valence-corrected chi connectivity index (χ4v) is 3.89. The van der Waals surface area contributed by atoms with Gasteiger partial charge in [0.1, 0.15) is 5.75 Å². The highest BCUT2D eigenvalue weighted by atomic mass is 32.2. The molecule has 1 heterocycles. The Morgan fingerprint density at radius 3 is 2.48 bits per heavy atom. The van der Waals surface area contributed by atoms with E-state index in [1.165, 1.54) is 4.31 Å². The van der Waals surface area contributed by atoms with Crippen LogP contribution in [0.4, 0.5) is 5.69 Å². The molecule has 2 aromatic rings. The fraction of sp³-hybridized carbons (Fsp3) is 0.188. The van der Waals surface area contributed by atoms with Crippen molar-refractivity contribution in [2.75, 3.05) is 10.8 Å². The van der Waals surface area contributed by atoms with Crippen LogP contribution in [0, 0.1) is 6.92 Å². The number of primary amides is 1. The molecular formula is C16H16N2O4S. The van der Waals surface area contributed by atoms with Crippen molar-refractivity contribution in [1.29, 1.82) is 0 Å². The van der Waals surface area contributed by atoms with Crippen molar-refractivity contribution in [1.82, 2.24) is 0 Å². The molecule has 6 nitrogen and oxygen atoms in total. The van der Waals surface area contributed by atoms with Gasteiger partial charge in [-0.15, -0.1) is 0 Å². The van der Waals surface area contributed by atoms with Crippen LogP contribution in [0.1, 0.15) is 5.56 Å². The minimum Gasteiger partial charge on any atom is -0.476 e. The Morgan fingerprint density at radius 2 is 1.83 bits per heavy atom. The van der Waals surface area contributed by atoms with Gasteiger partial charge in [-0.25, -0.2) is 8.42 Å². The first kappa shape index (κ1) is 15.4. The summed E-state index contributed by atoms with van der Waals surface area (Å²) in [5.74, 6) is -0.387. The first-order valence-electron chi connectivity index (χ1n) is 7.04. The third kappa shape index (κ3) is 2.75. The average molecular weight is 332 g/mol. The van der Waals surface area contributed by atoms with Crippen LogP contribution in [-0.2, 0) is 14.8 Å². The van der Waals surface area contributed by atoms with Gasteiger partial charge >= 0.3 is 0 Å². The zero-order valence-electron chi connectivity index (χ0n) is 12.5. The highest BCUT2D eigenvalue weighted by molar-refractivity contribution is 7.92. The number of aryl methyl sites for hydroxylation is 1. The summed E-state index contributed by atoms with van der Waals surface area (Å²) < 4.78 is 32.6. The molecule has 1 aliphatic heterocycles. The van der Waals surface area contributed by atoms with Crippen LogP contribution in [-0.4, -0.2) is 27.0 Å². The van der Waals surface area contributed by atoms with Gasteiger partial charge in [0.15, 0.2) is 6.10 Å². The lowest BCUT2D eigenvalue weighted by atomic mass is 10.2. The van der Waals surface area contributed by atoms with E-state index in [1.807, 2.05) is 6.92 Å². The lowest BCUT2D eigenvalue weighted by Gasteiger charge is -2.34. The number of hydrogen-bond acceptors (Lipinski definition) is 4. The molecule has 0 aromatic heterocycles. The molecule has 1 aliphatic rings. The van der Waals surface area contributed by atoms with Crippen molar-refractivity contribution in [3.8, 4) is 5.75 Å². The maximum atomic E-state index is 12.9. The summed E-state index contributed by atoms with van der Waals surface area (Å²) in [4.78, 5) is 11.6. The van der Waals surface area contributed by atoms with Crippen molar-refractivity contribution < 1.29 is 17.9 Å². The minimum absolute atomic E-state index is 0.150. The van der Waals surface area contributed by atoms with Crippen molar-refractivity contribution in [2.24, 2.45) is 5.73 Å². The quantitative estimate of drug-likeness (QED) is 0.921. The molecular weight excluding hydrogens is 316 g/mol. The van der Waals surface area contributed by atoms with E-state index in [2.05, 4.69) is 0 Å². The molecule has 0 radical (unpaired) electrons. The van der Waals surface area contributed by atoms with Gasteiger partial charge in [0.25, 0.3) is 15.9 Å². The summed E-state index contributed by atoms with van der Waals surface area (Å²) in [7, 11) is -3.81. The standard InChI is InChI=1S/C16H16N2O4S/c1-11-6-8-12(9-7-11)23(20,21)18-10-15(16(17)19)22-14-5-3-2-4-13(14)18/h2-9,15H,10H2,1H3,(H2,17,19). The van der Waals surface area contributed by atoms with E-state index < -0.39 is 22.0 Å². The van der Waals surface area contributed by atoms with E-state index in [1.54, 1.807) is 48.5 Å². The first-order valence-corrected chi connectivity index (χ1v) is 8.48. The van der Waals surface area contributed by atoms with Crippen LogP contribution in [0.5, 0.6) is 5.75 Å². The number of nitrogens with zero attached hydrogens (tertiary/aromatic N) is 1. The number of carbonyl (C=O) groups excluding carboxylic acids is 1. The number of ether oxygens (including phenoxy) is 1. The van der Waals surface area contributed by atoms with Gasteiger partial charge < -0.3 is 10.5 Å². The molecule has 3 rings (SSSR count). The highest BCUT2D eigenvalue weighted by Gasteiger charge is 2.36. The number of nitrogens with two attached hydrogens (primary N) is 1. The van der Waals surface area contributed by atoms with Crippen molar-refractivity contribution >= 4 is 21.6 Å². The maximum absolute atomic E-state index is 12.9. The molecule has 2 N–H and O–H groups in total. The second kappa shape index (κ2) is 5.58. The molecule has 0 aliphatic carbocycles. The lowest BCUT2D eigenvalue weighted by Crippen LogP contribution is -2.49. The number of hydrogen-bond donors (Lipinski definition) is 1. The summed E-state index contributed by atoms with van der Waals surface area (Å²) in [5, 5.41) is 0. The van der Waals surface area contributed by atoms with Gasteiger partial charge in [-0.3, -0.25) is 9.10 Å². The molecule has 2 aromatic carbocycles. The Hall–Kier alpha value is -2.54. The van der Waals surface area contributed by atoms with Crippen molar-refractivity contribution in [2.45, 2.75) is 17.9 Å². The molecule has 0 saturated heterocycles. The van der Waals surface area contributed by atoms with E-state index in [0.29, 0.717) is 11.4 Å². The number of anilines is 1. The fourth-order valence-electron chi connectivity index (χ4n) is 2.42. The predicted molar refractivity (Wildman–Crippen MR) is 85.8 cm³/mol. The summed E-state index contributed by atoms with van der Waals surface area (Å²) in [6.07, 6.45) is -1.02. The van der Waals surface area contributed by atoms with E-state index >= 15 is 0 Å². The van der Waals surface area contributed by atoms with Gasteiger partial charge in [0.05, 0.1) is 17.1 Å². The zero-order chi connectivity index (χ0) is 16.6. The summed E-state index contributed by atoms with van der Waals surface area (Å²) in [6, 6.07) is 13.2. The summed E-state index contributed by atoms with van der Waals surface area (Å²) >= 11 is 0. The highest BCUT2D eigenvalue weighted by Crippen LogP contribution is 2.36. The Morgan fingerprint density at radius 1 is 1.17 bits per heavy atom. The van der Waals surface area contributed by atoms with E-state index in [9.17, 15) is 13.2 Å². The minimum atomic E-state index is -3.81. The van der Waals surface area contributed by atoms with Gasteiger partial charge in [-0.05, 0) is 31.2 Å². The number of amides is 1. The average Bonchev–Trinajstić information content (AvgIpc) is 2.54. The van der Waals surface area contributed by atoms with E-state index in [0.717, 1.165) is 5.56 Å². The maximum Gasteiger partial charge on any atom is 0.264 e. The van der Waals surface area contributed by atoms with Crippen LogP contribution in [0.15, 0.2) is 53.4 Å². The number of carbonyl (C=O) groups is 1. The van der Waals surface area contributed by atoms with Crippen molar-refractivity contribution in [3.63, 3.8) is 0 Å². The molecule has 1 atom stereocenters. The monoisotopic (exact) mass is 332 g/mol. The number of benzene rings is 2. The first-order chi connectivity index (χ1) is 10.9. The topological polar surface area (TPSA) is 89.7 Å². The Labute approximate surface area is 134 Å². The largest absolute Gasteiger partial charge is 0.476 e. The number of para-hydroxylation sites is 2. The Bertz CT molecular complexity index is 847. The smallest absolute Gasteiger partial charge is 0.264 e. The Balaban J connectivity index is 2.10. The van der Waals surface area contributed by atoms with Crippen LogP contribution in [0.25, 0.3) is 0 Å². The van der Waals surface area contributed by atoms with Crippen LogP contribution in [0.3, 0.4) is 0 Å². The third-order valence-corrected chi connectivity index (χ3v) is 5.46. The molecule has 1 unspecified atom stereocenters. The molecule has 0 saturated carbocycles. The number of sulfonamides is 1. The summed E-state index contributed by atoms with van der Waals surface area (Å²) in [6.45, 7) is 1.73. The molecule has 0 fully saturated rings. The van der Waals surface area contributed by atoms with Crippen LogP contribution >= 0.6 is 0 Å². The predicted octanol–water partition coefficient (Wildman–Crippen LogP) is 1.44. The van der Waals surface area contributed by atoms with Gasteiger partial charge in [-0.1, -0.05) is 29.8 Å². The molecule has 1 amide bonds. The molecule has 23 heavy (non-hydrogen) atoms. The second-order valence-electron chi connectivity index (χ2n) is 5.33. The van der Waals surface area contributed by atoms with Gasteiger partial charge in [0, 0.05) is 0 Å². The normalized spacial score (nSPS) is 17.3. The van der Waals surface area contributed by atoms with E-state index in [-0.39, 0.29) is 11.4 Å². The molecule has 0 spiro atoms. The SMILES string of the molecule is Cc1ccc(S(=O)(=O)N2CC(C(N)=O)Oc3ccccc32)cc1. The number of rotatable bonds is 3. The van der Waals surface area contributed by atoms with Crippen LogP contribution in [0.2, 0.25) is 0 Å².